The monoisotopic (exact) mass is 211 g/mol. The van der Waals surface area contributed by atoms with E-state index in [1.165, 1.54) is 37.7 Å². The van der Waals surface area contributed by atoms with Gasteiger partial charge in [-0.1, -0.05) is 30.9 Å². The summed E-state index contributed by atoms with van der Waals surface area (Å²) in [7, 11) is 3.88. The van der Waals surface area contributed by atoms with Gasteiger partial charge in [0.2, 0.25) is 0 Å². The lowest BCUT2D eigenvalue weighted by atomic mass is 9.78. The fourth-order valence-electron chi connectivity index (χ4n) is 2.62. The van der Waals surface area contributed by atoms with Crippen molar-refractivity contribution in [1.29, 1.82) is 0 Å². The zero-order valence-corrected chi connectivity index (χ0v) is 10.6. The van der Waals surface area contributed by atoms with E-state index in [-0.39, 0.29) is 5.60 Å². The molecule has 1 N–H and O–H groups in total. The second-order valence-electron chi connectivity index (χ2n) is 4.84. The minimum Gasteiger partial charge on any atom is -0.376 e. The van der Waals surface area contributed by atoms with Crippen molar-refractivity contribution < 1.29 is 4.74 Å². The predicted octanol–water partition coefficient (Wildman–Crippen LogP) is 2.89. The summed E-state index contributed by atoms with van der Waals surface area (Å²) >= 11 is 0. The van der Waals surface area contributed by atoms with Gasteiger partial charge in [-0.15, -0.1) is 0 Å². The largest absolute Gasteiger partial charge is 0.376 e. The number of hydrogen-bond acceptors (Lipinski definition) is 2. The average molecular weight is 211 g/mol. The van der Waals surface area contributed by atoms with Gasteiger partial charge in [0.05, 0.1) is 11.6 Å². The number of ether oxygens (including phenoxy) is 1. The van der Waals surface area contributed by atoms with Crippen LogP contribution in [0.5, 0.6) is 0 Å². The van der Waals surface area contributed by atoms with Crippen LogP contribution in [0.15, 0.2) is 11.6 Å². The van der Waals surface area contributed by atoms with Crippen molar-refractivity contribution in [3.8, 4) is 0 Å². The highest BCUT2D eigenvalue weighted by atomic mass is 16.5. The topological polar surface area (TPSA) is 21.3 Å². The number of nitrogens with one attached hydrogen (secondary N) is 1. The molecule has 0 aliphatic heterocycles. The van der Waals surface area contributed by atoms with Gasteiger partial charge >= 0.3 is 0 Å². The SMILES string of the molecule is CNC(C=C(C)C)C1(OC)CCCCC1. The molecule has 0 amide bonds. The smallest absolute Gasteiger partial charge is 0.0866 e. The highest BCUT2D eigenvalue weighted by molar-refractivity contribution is 5.10. The molecule has 0 spiro atoms. The number of methoxy groups -OCH3 is 1. The van der Waals surface area contributed by atoms with Gasteiger partial charge in [-0.3, -0.25) is 0 Å². The fourth-order valence-corrected chi connectivity index (χ4v) is 2.62. The third-order valence-corrected chi connectivity index (χ3v) is 3.48. The van der Waals surface area contributed by atoms with Crippen LogP contribution in [0.25, 0.3) is 0 Å². The summed E-state index contributed by atoms with van der Waals surface area (Å²) in [6, 6.07) is 0.354. The minimum absolute atomic E-state index is 0.0320. The van der Waals surface area contributed by atoms with E-state index in [9.17, 15) is 0 Å². The van der Waals surface area contributed by atoms with Gasteiger partial charge in [0.1, 0.15) is 0 Å². The Kier molecular flexibility index (Phi) is 4.81. The summed E-state index contributed by atoms with van der Waals surface area (Å²) in [6.45, 7) is 4.30. The lowest BCUT2D eigenvalue weighted by Gasteiger charge is -2.41. The lowest BCUT2D eigenvalue weighted by molar-refractivity contribution is -0.0547. The van der Waals surface area contributed by atoms with Gasteiger partial charge in [0.25, 0.3) is 0 Å². The fraction of sp³-hybridized carbons (Fsp3) is 0.846. The Hall–Kier alpha value is -0.340. The Balaban J connectivity index is 2.80. The predicted molar refractivity (Wildman–Crippen MR) is 65.1 cm³/mol. The molecule has 1 atom stereocenters. The van der Waals surface area contributed by atoms with E-state index in [0.717, 1.165) is 0 Å². The molecule has 0 heterocycles. The molecule has 1 unspecified atom stereocenters. The number of rotatable bonds is 4. The van der Waals surface area contributed by atoms with Crippen LogP contribution in [-0.2, 0) is 4.74 Å². The van der Waals surface area contributed by atoms with Crippen molar-refractivity contribution in [2.75, 3.05) is 14.2 Å². The van der Waals surface area contributed by atoms with Gasteiger partial charge in [0, 0.05) is 7.11 Å². The van der Waals surface area contributed by atoms with Gasteiger partial charge in [-0.25, -0.2) is 0 Å². The standard InChI is InChI=1S/C13H25NO/c1-11(2)10-12(14-3)13(15-4)8-6-5-7-9-13/h10,12,14H,5-9H2,1-4H3. The van der Waals surface area contributed by atoms with Gasteiger partial charge in [-0.2, -0.15) is 0 Å². The third kappa shape index (κ3) is 3.05. The molecule has 0 saturated heterocycles. The average Bonchev–Trinajstić information content (AvgIpc) is 2.26. The Morgan fingerprint density at radius 3 is 2.27 bits per heavy atom. The van der Waals surface area contributed by atoms with Crippen LogP contribution in [-0.4, -0.2) is 25.8 Å². The van der Waals surface area contributed by atoms with E-state index in [2.05, 4.69) is 25.2 Å². The van der Waals surface area contributed by atoms with Crippen molar-refractivity contribution in [2.45, 2.75) is 57.6 Å². The summed E-state index contributed by atoms with van der Waals surface area (Å²) in [5.74, 6) is 0. The third-order valence-electron chi connectivity index (χ3n) is 3.48. The van der Waals surface area contributed by atoms with Crippen LogP contribution in [0.4, 0.5) is 0 Å². The molecule has 0 aromatic rings. The number of hydrogen-bond donors (Lipinski definition) is 1. The van der Waals surface area contributed by atoms with Crippen molar-refractivity contribution in [3.63, 3.8) is 0 Å². The molecule has 1 aliphatic rings. The first-order chi connectivity index (χ1) is 7.14. The molecule has 2 nitrogen and oxygen atoms in total. The Morgan fingerprint density at radius 1 is 1.27 bits per heavy atom. The Labute approximate surface area is 94.1 Å². The first kappa shape index (κ1) is 12.7. The van der Waals surface area contributed by atoms with Crippen LogP contribution < -0.4 is 5.32 Å². The second-order valence-corrected chi connectivity index (χ2v) is 4.84. The molecule has 15 heavy (non-hydrogen) atoms. The summed E-state index contributed by atoms with van der Waals surface area (Å²) < 4.78 is 5.83. The van der Waals surface area contributed by atoms with Crippen molar-refractivity contribution in [1.82, 2.24) is 5.32 Å². The molecule has 1 saturated carbocycles. The quantitative estimate of drug-likeness (QED) is 0.722. The maximum absolute atomic E-state index is 5.83. The Morgan fingerprint density at radius 2 is 1.87 bits per heavy atom. The van der Waals surface area contributed by atoms with E-state index in [4.69, 9.17) is 4.74 Å². The lowest BCUT2D eigenvalue weighted by Crippen LogP contribution is -2.51. The second kappa shape index (κ2) is 5.66. The molecule has 0 aromatic carbocycles. The first-order valence-electron chi connectivity index (χ1n) is 6.02. The molecule has 0 bridgehead atoms. The maximum atomic E-state index is 5.83. The Bertz CT molecular complexity index is 213. The van der Waals surface area contributed by atoms with Gasteiger partial charge < -0.3 is 10.1 Å². The molecular weight excluding hydrogens is 186 g/mol. The van der Waals surface area contributed by atoms with Crippen molar-refractivity contribution in [2.24, 2.45) is 0 Å². The van der Waals surface area contributed by atoms with Crippen LogP contribution >= 0.6 is 0 Å². The van der Waals surface area contributed by atoms with E-state index >= 15 is 0 Å². The van der Waals surface area contributed by atoms with Gasteiger partial charge in [-0.05, 0) is 33.7 Å². The number of allylic oxidation sites excluding steroid dienone is 1. The number of likely N-dealkylation sites (N-methyl/N-ethyl adjacent to an activating group) is 1. The van der Waals surface area contributed by atoms with E-state index < -0.39 is 0 Å². The zero-order chi connectivity index (χ0) is 11.3. The van der Waals surface area contributed by atoms with E-state index in [1.807, 2.05) is 14.2 Å². The molecular formula is C13H25NO. The van der Waals surface area contributed by atoms with Gasteiger partial charge in [0.15, 0.2) is 0 Å². The molecule has 2 heteroatoms. The van der Waals surface area contributed by atoms with E-state index in [1.54, 1.807) is 0 Å². The molecule has 1 aliphatic carbocycles. The minimum atomic E-state index is 0.0320. The molecule has 1 rings (SSSR count). The maximum Gasteiger partial charge on any atom is 0.0866 e. The summed E-state index contributed by atoms with van der Waals surface area (Å²) in [4.78, 5) is 0. The molecule has 88 valence electrons. The summed E-state index contributed by atoms with van der Waals surface area (Å²) in [5, 5.41) is 3.39. The summed E-state index contributed by atoms with van der Waals surface area (Å²) in [5.41, 5.74) is 1.39. The van der Waals surface area contributed by atoms with Crippen molar-refractivity contribution in [3.05, 3.63) is 11.6 Å². The normalized spacial score (nSPS) is 22.1. The van der Waals surface area contributed by atoms with Crippen LogP contribution in [0.2, 0.25) is 0 Å². The molecule has 0 radical (unpaired) electrons. The summed E-state index contributed by atoms with van der Waals surface area (Å²) in [6.07, 6.45) is 8.61. The van der Waals surface area contributed by atoms with Crippen LogP contribution in [0.1, 0.15) is 46.0 Å². The van der Waals surface area contributed by atoms with Crippen LogP contribution in [0, 0.1) is 0 Å². The van der Waals surface area contributed by atoms with Crippen LogP contribution in [0.3, 0.4) is 0 Å². The first-order valence-corrected chi connectivity index (χ1v) is 6.02. The highest BCUT2D eigenvalue weighted by Gasteiger charge is 2.37. The van der Waals surface area contributed by atoms with Crippen molar-refractivity contribution >= 4 is 0 Å². The zero-order valence-electron chi connectivity index (χ0n) is 10.6. The highest BCUT2D eigenvalue weighted by Crippen LogP contribution is 2.34. The molecule has 0 aromatic heterocycles. The molecule has 1 fully saturated rings. The van der Waals surface area contributed by atoms with E-state index in [0.29, 0.717) is 6.04 Å².